The van der Waals surface area contributed by atoms with Crippen LogP contribution in [0.1, 0.15) is 26.3 Å². The van der Waals surface area contributed by atoms with Crippen LogP contribution in [0, 0.1) is 5.82 Å². The summed E-state index contributed by atoms with van der Waals surface area (Å²) in [5.74, 6) is -0.398. The van der Waals surface area contributed by atoms with Crippen LogP contribution in [0.25, 0.3) is 0 Å². The van der Waals surface area contributed by atoms with Crippen molar-refractivity contribution < 1.29 is 19.0 Å². The number of halogens is 1. The molecular formula is C15H21FN2O3. The zero-order chi connectivity index (χ0) is 15.7. The molecule has 0 bridgehead atoms. The van der Waals surface area contributed by atoms with E-state index >= 15 is 0 Å². The monoisotopic (exact) mass is 296 g/mol. The van der Waals surface area contributed by atoms with Crippen LogP contribution >= 0.6 is 0 Å². The van der Waals surface area contributed by atoms with Gasteiger partial charge in [-0.15, -0.1) is 0 Å². The molecule has 1 aliphatic rings. The van der Waals surface area contributed by atoms with E-state index < -0.39 is 23.1 Å². The summed E-state index contributed by atoms with van der Waals surface area (Å²) >= 11 is 0. The van der Waals surface area contributed by atoms with Crippen LogP contribution < -0.4 is 10.6 Å². The molecule has 21 heavy (non-hydrogen) atoms. The molecule has 1 aromatic carbocycles. The lowest BCUT2D eigenvalue weighted by molar-refractivity contribution is -0.00966. The number of rotatable bonds is 3. The maximum Gasteiger partial charge on any atom is 0.412 e. The Kier molecular flexibility index (Phi) is 4.20. The summed E-state index contributed by atoms with van der Waals surface area (Å²) in [6.45, 7) is 6.18. The quantitative estimate of drug-likeness (QED) is 0.798. The average molecular weight is 296 g/mol. The molecule has 5 nitrogen and oxygen atoms in total. The Balaban J connectivity index is 2.06. The van der Waals surface area contributed by atoms with Crippen molar-refractivity contribution in [2.75, 3.05) is 18.4 Å². The minimum atomic E-state index is -0.911. The highest BCUT2D eigenvalue weighted by molar-refractivity contribution is 5.84. The van der Waals surface area contributed by atoms with Crippen LogP contribution in [0.2, 0.25) is 0 Å². The minimum absolute atomic E-state index is 0.204. The number of hydrogen-bond donors (Lipinski definition) is 3. The summed E-state index contributed by atoms with van der Waals surface area (Å²) in [6, 6.07) is 4.26. The number of β-amino-alcohol motifs (C(OH)–C–C–N with tert-alkyl or cyclic N) is 1. The molecule has 0 saturated carbocycles. The van der Waals surface area contributed by atoms with Gasteiger partial charge in [-0.2, -0.15) is 0 Å². The lowest BCUT2D eigenvalue weighted by Crippen LogP contribution is -2.60. The molecule has 116 valence electrons. The first kappa shape index (κ1) is 15.7. The molecule has 0 spiro atoms. The summed E-state index contributed by atoms with van der Waals surface area (Å²) in [7, 11) is 0. The molecule has 3 N–H and O–H groups in total. The van der Waals surface area contributed by atoms with Gasteiger partial charge in [-0.1, -0.05) is 0 Å². The molecule has 1 saturated heterocycles. The van der Waals surface area contributed by atoms with Crippen LogP contribution in [0.5, 0.6) is 0 Å². The van der Waals surface area contributed by atoms with E-state index in [2.05, 4.69) is 10.6 Å². The van der Waals surface area contributed by atoms with E-state index in [0.717, 1.165) is 0 Å². The standard InChI is InChI=1S/C15H21FN2O3/c1-14(2,3)21-13(19)18-11-4-5-12(16)10(6-11)7-15(20)8-17-9-15/h4-6,17,20H,7-9H2,1-3H3,(H,18,19). The Morgan fingerprint density at radius 1 is 1.48 bits per heavy atom. The average Bonchev–Trinajstić information content (AvgIpc) is 2.29. The van der Waals surface area contributed by atoms with Crippen molar-refractivity contribution in [1.29, 1.82) is 0 Å². The first-order valence-electron chi connectivity index (χ1n) is 6.88. The Labute approximate surface area is 123 Å². The maximum absolute atomic E-state index is 13.8. The topological polar surface area (TPSA) is 70.6 Å². The van der Waals surface area contributed by atoms with E-state index in [1.165, 1.54) is 18.2 Å². The predicted octanol–water partition coefficient (Wildman–Crippen LogP) is 2.05. The van der Waals surface area contributed by atoms with Crippen LogP contribution in [-0.4, -0.2) is 35.5 Å². The van der Waals surface area contributed by atoms with Gasteiger partial charge in [0.15, 0.2) is 0 Å². The Morgan fingerprint density at radius 2 is 2.14 bits per heavy atom. The molecule has 1 heterocycles. The number of amides is 1. The second-order valence-electron chi connectivity index (χ2n) is 6.44. The van der Waals surface area contributed by atoms with Crippen LogP contribution in [-0.2, 0) is 11.2 Å². The van der Waals surface area contributed by atoms with Crippen molar-refractivity contribution in [3.63, 3.8) is 0 Å². The zero-order valence-electron chi connectivity index (χ0n) is 12.5. The van der Waals surface area contributed by atoms with Gasteiger partial charge in [-0.05, 0) is 44.5 Å². The first-order chi connectivity index (χ1) is 9.67. The highest BCUT2D eigenvalue weighted by Gasteiger charge is 2.35. The van der Waals surface area contributed by atoms with Gasteiger partial charge in [0.1, 0.15) is 11.4 Å². The summed E-state index contributed by atoms with van der Waals surface area (Å²) in [6.07, 6.45) is -0.389. The van der Waals surface area contributed by atoms with Gasteiger partial charge < -0.3 is 15.2 Å². The fraction of sp³-hybridized carbons (Fsp3) is 0.533. The molecule has 0 aromatic heterocycles. The van der Waals surface area contributed by atoms with E-state index in [0.29, 0.717) is 24.3 Å². The van der Waals surface area contributed by atoms with Gasteiger partial charge in [0.25, 0.3) is 0 Å². The molecule has 1 fully saturated rings. The third kappa shape index (κ3) is 4.41. The number of hydrogen-bond acceptors (Lipinski definition) is 4. The summed E-state index contributed by atoms with van der Waals surface area (Å²) in [4.78, 5) is 11.7. The Morgan fingerprint density at radius 3 is 2.67 bits per heavy atom. The van der Waals surface area contributed by atoms with Crippen LogP contribution in [0.4, 0.5) is 14.9 Å². The van der Waals surface area contributed by atoms with E-state index in [9.17, 15) is 14.3 Å². The molecular weight excluding hydrogens is 275 g/mol. The van der Waals surface area contributed by atoms with Crippen molar-refractivity contribution in [2.45, 2.75) is 38.4 Å². The lowest BCUT2D eigenvalue weighted by Gasteiger charge is -2.37. The van der Waals surface area contributed by atoms with Crippen molar-refractivity contribution in [2.24, 2.45) is 0 Å². The zero-order valence-corrected chi connectivity index (χ0v) is 12.5. The molecule has 1 aliphatic heterocycles. The SMILES string of the molecule is CC(C)(C)OC(=O)Nc1ccc(F)c(CC2(O)CNC2)c1. The van der Waals surface area contributed by atoms with E-state index in [1.54, 1.807) is 20.8 Å². The van der Waals surface area contributed by atoms with Crippen molar-refractivity contribution in [3.05, 3.63) is 29.6 Å². The fourth-order valence-electron chi connectivity index (χ4n) is 2.10. The largest absolute Gasteiger partial charge is 0.444 e. The number of aliphatic hydroxyl groups is 1. The van der Waals surface area contributed by atoms with Crippen molar-refractivity contribution in [3.8, 4) is 0 Å². The van der Waals surface area contributed by atoms with E-state index in [4.69, 9.17) is 4.74 Å². The second-order valence-corrected chi connectivity index (χ2v) is 6.44. The summed E-state index contributed by atoms with van der Waals surface area (Å²) < 4.78 is 18.9. The second kappa shape index (κ2) is 5.61. The first-order valence-corrected chi connectivity index (χ1v) is 6.88. The molecule has 1 amide bonds. The number of nitrogens with one attached hydrogen (secondary N) is 2. The van der Waals surface area contributed by atoms with Crippen LogP contribution in [0.15, 0.2) is 18.2 Å². The molecule has 2 rings (SSSR count). The van der Waals surface area contributed by atoms with Crippen molar-refractivity contribution in [1.82, 2.24) is 5.32 Å². The molecule has 0 unspecified atom stereocenters. The molecule has 0 aliphatic carbocycles. The summed E-state index contributed by atoms with van der Waals surface area (Å²) in [5, 5.41) is 15.6. The Hall–Kier alpha value is -1.66. The predicted molar refractivity (Wildman–Crippen MR) is 77.8 cm³/mol. The van der Waals surface area contributed by atoms with E-state index in [1.807, 2.05) is 0 Å². The highest BCUT2D eigenvalue weighted by atomic mass is 19.1. The molecule has 0 atom stereocenters. The third-order valence-corrected chi connectivity index (χ3v) is 3.12. The number of anilines is 1. The molecule has 6 heteroatoms. The maximum atomic E-state index is 13.8. The number of carbonyl (C=O) groups excluding carboxylic acids is 1. The van der Waals surface area contributed by atoms with Gasteiger partial charge in [0.2, 0.25) is 0 Å². The normalized spacial score (nSPS) is 17.0. The van der Waals surface area contributed by atoms with Crippen LogP contribution in [0.3, 0.4) is 0 Å². The number of ether oxygens (including phenoxy) is 1. The minimum Gasteiger partial charge on any atom is -0.444 e. The summed E-state index contributed by atoms with van der Waals surface area (Å²) in [5.41, 5.74) is -0.700. The van der Waals surface area contributed by atoms with Gasteiger partial charge >= 0.3 is 6.09 Å². The molecule has 0 radical (unpaired) electrons. The number of benzene rings is 1. The number of carbonyl (C=O) groups is 1. The third-order valence-electron chi connectivity index (χ3n) is 3.12. The van der Waals surface area contributed by atoms with Crippen molar-refractivity contribution >= 4 is 11.8 Å². The lowest BCUT2D eigenvalue weighted by atomic mass is 9.89. The fourth-order valence-corrected chi connectivity index (χ4v) is 2.10. The highest BCUT2D eigenvalue weighted by Crippen LogP contribution is 2.23. The Bertz CT molecular complexity index is 536. The van der Waals surface area contributed by atoms with E-state index in [-0.39, 0.29) is 6.42 Å². The molecule has 1 aromatic rings. The smallest absolute Gasteiger partial charge is 0.412 e. The van der Waals surface area contributed by atoms with Gasteiger partial charge in [-0.3, -0.25) is 5.32 Å². The van der Waals surface area contributed by atoms with Gasteiger partial charge in [-0.25, -0.2) is 9.18 Å². The van der Waals surface area contributed by atoms with Gasteiger partial charge in [0, 0.05) is 25.2 Å². The van der Waals surface area contributed by atoms with Gasteiger partial charge in [0.05, 0.1) is 5.60 Å².